The summed E-state index contributed by atoms with van der Waals surface area (Å²) in [6, 6.07) is 11.3. The number of carbonyl (C=O) groups is 2. The first-order valence-corrected chi connectivity index (χ1v) is 7.83. The van der Waals surface area contributed by atoms with Crippen LogP contribution >= 0.6 is 0 Å². The summed E-state index contributed by atoms with van der Waals surface area (Å²) in [5, 5.41) is 5.80. The van der Waals surface area contributed by atoms with Gasteiger partial charge < -0.3 is 24.2 Å². The Kier molecular flexibility index (Phi) is 5.33. The molecule has 0 saturated heterocycles. The van der Waals surface area contributed by atoms with Crippen LogP contribution in [-0.2, 0) is 16.1 Å². The summed E-state index contributed by atoms with van der Waals surface area (Å²) in [6.07, 6.45) is 1.51. The van der Waals surface area contributed by atoms with Crippen LogP contribution in [0.2, 0.25) is 0 Å². The van der Waals surface area contributed by atoms with Crippen LogP contribution in [-0.4, -0.2) is 25.0 Å². The number of fused-ring (bicyclic) bond motifs is 1. The molecule has 8 heteroatoms. The molecule has 0 fully saturated rings. The fourth-order valence-corrected chi connectivity index (χ4v) is 2.17. The number of nitrogens with one attached hydrogen (secondary N) is 2. The van der Waals surface area contributed by atoms with E-state index in [0.717, 1.165) is 5.39 Å². The average Bonchev–Trinajstić information content (AvgIpc) is 3.16. The summed E-state index contributed by atoms with van der Waals surface area (Å²) in [7, 11) is 0. The zero-order chi connectivity index (χ0) is 18.4. The van der Waals surface area contributed by atoms with Gasteiger partial charge in [0.2, 0.25) is 5.91 Å². The zero-order valence-corrected chi connectivity index (χ0v) is 13.7. The first-order chi connectivity index (χ1) is 12.6. The summed E-state index contributed by atoms with van der Waals surface area (Å²) in [5.41, 5.74) is -0.0966. The Hall–Kier alpha value is -3.55. The van der Waals surface area contributed by atoms with E-state index < -0.39 is 11.5 Å². The van der Waals surface area contributed by atoms with Crippen LogP contribution in [0, 0.1) is 0 Å². The van der Waals surface area contributed by atoms with Gasteiger partial charge in [-0.25, -0.2) is 4.79 Å². The first-order valence-electron chi connectivity index (χ1n) is 7.83. The largest absolute Gasteiger partial charge is 0.484 e. The van der Waals surface area contributed by atoms with Crippen molar-refractivity contribution < 1.29 is 23.2 Å². The van der Waals surface area contributed by atoms with E-state index in [1.54, 1.807) is 30.3 Å². The molecular formula is C18H16N2O6. The number of hydrogen-bond donors (Lipinski definition) is 2. The predicted molar refractivity (Wildman–Crippen MR) is 91.5 cm³/mol. The molecule has 0 saturated carbocycles. The molecule has 0 bridgehead atoms. The van der Waals surface area contributed by atoms with Gasteiger partial charge in [-0.1, -0.05) is 0 Å². The lowest BCUT2D eigenvalue weighted by Crippen LogP contribution is -2.38. The third kappa shape index (κ3) is 4.73. The fourth-order valence-electron chi connectivity index (χ4n) is 2.17. The Morgan fingerprint density at radius 3 is 2.69 bits per heavy atom. The van der Waals surface area contributed by atoms with Gasteiger partial charge in [0.05, 0.1) is 19.4 Å². The molecule has 0 atom stereocenters. The van der Waals surface area contributed by atoms with Gasteiger partial charge in [-0.2, -0.15) is 0 Å². The van der Waals surface area contributed by atoms with Crippen molar-refractivity contribution in [2.45, 2.75) is 6.54 Å². The van der Waals surface area contributed by atoms with Crippen molar-refractivity contribution in [2.75, 3.05) is 13.2 Å². The highest BCUT2D eigenvalue weighted by Gasteiger charge is 2.08. The Bertz CT molecular complexity index is 961. The van der Waals surface area contributed by atoms with Gasteiger partial charge in [-0.3, -0.25) is 9.59 Å². The molecule has 2 heterocycles. The molecule has 0 spiro atoms. The topological polar surface area (TPSA) is 111 Å². The molecular weight excluding hydrogens is 340 g/mol. The van der Waals surface area contributed by atoms with Crippen LogP contribution in [0.15, 0.2) is 62.4 Å². The molecule has 0 unspecified atom stereocenters. The van der Waals surface area contributed by atoms with Crippen molar-refractivity contribution in [1.82, 2.24) is 10.6 Å². The lowest BCUT2D eigenvalue weighted by atomic mass is 10.2. The average molecular weight is 356 g/mol. The molecule has 8 nitrogen and oxygen atoms in total. The highest BCUT2D eigenvalue weighted by Crippen LogP contribution is 2.19. The fraction of sp³-hybridized carbons (Fsp3) is 0.167. The molecule has 0 aliphatic rings. The van der Waals surface area contributed by atoms with E-state index in [-0.39, 0.29) is 25.6 Å². The summed E-state index contributed by atoms with van der Waals surface area (Å²) in [4.78, 5) is 34.6. The quantitative estimate of drug-likeness (QED) is 0.616. The minimum atomic E-state index is -0.465. The lowest BCUT2D eigenvalue weighted by molar-refractivity contribution is -0.127. The first kappa shape index (κ1) is 17.3. The van der Waals surface area contributed by atoms with Crippen molar-refractivity contribution in [2.24, 2.45) is 0 Å². The Morgan fingerprint density at radius 2 is 1.88 bits per heavy atom. The maximum absolute atomic E-state index is 11.8. The SMILES string of the molecule is O=C(CNC(=O)COc1ccc2ccc(=O)oc2c1)NCc1ccco1. The van der Waals surface area contributed by atoms with E-state index >= 15 is 0 Å². The van der Waals surface area contributed by atoms with E-state index in [1.165, 1.54) is 18.4 Å². The summed E-state index contributed by atoms with van der Waals surface area (Å²) in [5.74, 6) is 0.204. The summed E-state index contributed by atoms with van der Waals surface area (Å²) >= 11 is 0. The minimum Gasteiger partial charge on any atom is -0.484 e. The van der Waals surface area contributed by atoms with Crippen LogP contribution in [0.5, 0.6) is 5.75 Å². The molecule has 0 radical (unpaired) electrons. The van der Waals surface area contributed by atoms with Gasteiger partial charge in [0.1, 0.15) is 17.1 Å². The maximum Gasteiger partial charge on any atom is 0.336 e. The summed E-state index contributed by atoms with van der Waals surface area (Å²) < 4.78 is 15.5. The number of benzene rings is 1. The highest BCUT2D eigenvalue weighted by atomic mass is 16.5. The second-order valence-electron chi connectivity index (χ2n) is 5.38. The molecule has 26 heavy (non-hydrogen) atoms. The van der Waals surface area contributed by atoms with Gasteiger partial charge in [0, 0.05) is 17.5 Å². The Morgan fingerprint density at radius 1 is 1.04 bits per heavy atom. The van der Waals surface area contributed by atoms with Gasteiger partial charge in [-0.15, -0.1) is 0 Å². The van der Waals surface area contributed by atoms with E-state index in [9.17, 15) is 14.4 Å². The van der Waals surface area contributed by atoms with E-state index in [4.69, 9.17) is 13.6 Å². The molecule has 3 aromatic rings. The molecule has 2 aromatic heterocycles. The van der Waals surface area contributed by atoms with Crippen LogP contribution in [0.25, 0.3) is 11.0 Å². The number of carbonyl (C=O) groups excluding carboxylic acids is 2. The smallest absolute Gasteiger partial charge is 0.336 e. The van der Waals surface area contributed by atoms with Crippen molar-refractivity contribution in [3.8, 4) is 5.75 Å². The Balaban J connectivity index is 1.43. The van der Waals surface area contributed by atoms with Crippen molar-refractivity contribution in [1.29, 1.82) is 0 Å². The van der Waals surface area contributed by atoms with Crippen LogP contribution in [0.3, 0.4) is 0 Å². The van der Waals surface area contributed by atoms with Gasteiger partial charge in [0.15, 0.2) is 6.61 Å². The molecule has 0 aliphatic carbocycles. The number of rotatable bonds is 7. The third-order valence-electron chi connectivity index (χ3n) is 3.45. The lowest BCUT2D eigenvalue weighted by Gasteiger charge is -2.08. The number of amides is 2. The second-order valence-corrected chi connectivity index (χ2v) is 5.38. The standard InChI is InChI=1S/C18H16N2O6/c21-16(19-9-14-2-1-7-24-14)10-20-17(22)11-25-13-5-3-12-4-6-18(23)26-15(12)8-13/h1-8H,9-11H2,(H,19,21)(H,20,22). The normalized spacial score (nSPS) is 10.5. The molecule has 0 aliphatic heterocycles. The van der Waals surface area contributed by atoms with Crippen LogP contribution < -0.4 is 21.0 Å². The van der Waals surface area contributed by atoms with E-state index in [2.05, 4.69) is 10.6 Å². The van der Waals surface area contributed by atoms with Gasteiger partial charge in [-0.05, 0) is 30.3 Å². The van der Waals surface area contributed by atoms with E-state index in [1.807, 2.05) is 0 Å². The van der Waals surface area contributed by atoms with E-state index in [0.29, 0.717) is 17.1 Å². The minimum absolute atomic E-state index is 0.171. The highest BCUT2D eigenvalue weighted by molar-refractivity contribution is 5.85. The molecule has 2 N–H and O–H groups in total. The van der Waals surface area contributed by atoms with Gasteiger partial charge >= 0.3 is 5.63 Å². The zero-order valence-electron chi connectivity index (χ0n) is 13.7. The van der Waals surface area contributed by atoms with Crippen molar-refractivity contribution in [3.05, 3.63) is 64.9 Å². The van der Waals surface area contributed by atoms with Crippen LogP contribution in [0.4, 0.5) is 0 Å². The third-order valence-corrected chi connectivity index (χ3v) is 3.45. The number of furan rings is 1. The van der Waals surface area contributed by atoms with Gasteiger partial charge in [0.25, 0.3) is 5.91 Å². The molecule has 2 amide bonds. The summed E-state index contributed by atoms with van der Waals surface area (Å²) in [6.45, 7) is -0.190. The Labute approximate surface area is 147 Å². The maximum atomic E-state index is 11.8. The molecule has 134 valence electrons. The molecule has 3 rings (SSSR count). The number of ether oxygens (including phenoxy) is 1. The van der Waals surface area contributed by atoms with Crippen LogP contribution in [0.1, 0.15) is 5.76 Å². The number of hydrogen-bond acceptors (Lipinski definition) is 6. The predicted octanol–water partition coefficient (Wildman–Crippen LogP) is 1.20. The second kappa shape index (κ2) is 8.02. The van der Waals surface area contributed by atoms with Crippen molar-refractivity contribution in [3.63, 3.8) is 0 Å². The van der Waals surface area contributed by atoms with Crippen molar-refractivity contribution >= 4 is 22.8 Å². The molecule has 1 aromatic carbocycles. The monoisotopic (exact) mass is 356 g/mol.